The summed E-state index contributed by atoms with van der Waals surface area (Å²) in [5, 5.41) is 7.68. The minimum Gasteiger partial charge on any atom is -0.357 e. The molecule has 2 heterocycles. The van der Waals surface area contributed by atoms with Crippen LogP contribution < -0.4 is 10.6 Å². The van der Waals surface area contributed by atoms with Gasteiger partial charge in [-0.1, -0.05) is 6.92 Å². The first kappa shape index (κ1) is 19.9. The first-order chi connectivity index (χ1) is 10.2. The summed E-state index contributed by atoms with van der Waals surface area (Å²) >= 11 is 6.93. The van der Waals surface area contributed by atoms with Crippen molar-refractivity contribution in [2.24, 2.45) is 4.99 Å². The lowest BCUT2D eigenvalue weighted by Gasteiger charge is -2.09. The number of aryl methyl sites for hydroxylation is 1. The topological polar surface area (TPSA) is 49.3 Å². The summed E-state index contributed by atoms with van der Waals surface area (Å²) in [6, 6.07) is 4.15. The fraction of sp³-hybridized carbons (Fsp3) is 0.429. The SMILES string of the molecule is CCNC(=NCc1ccc(Br)s1)NCc1ncc(CC)s1.I. The van der Waals surface area contributed by atoms with Crippen LogP contribution in [0.25, 0.3) is 0 Å². The van der Waals surface area contributed by atoms with Crippen LogP contribution in [-0.2, 0) is 19.5 Å². The molecule has 0 aliphatic rings. The first-order valence-corrected chi connectivity index (χ1v) is 9.33. The van der Waals surface area contributed by atoms with E-state index in [1.165, 1.54) is 9.75 Å². The molecule has 0 saturated carbocycles. The summed E-state index contributed by atoms with van der Waals surface area (Å²) in [7, 11) is 0. The van der Waals surface area contributed by atoms with E-state index >= 15 is 0 Å². The molecule has 122 valence electrons. The number of thiazole rings is 1. The van der Waals surface area contributed by atoms with Crippen molar-refractivity contribution in [3.63, 3.8) is 0 Å². The zero-order valence-corrected chi connectivity index (χ0v) is 18.1. The Hall–Kier alpha value is -0.190. The summed E-state index contributed by atoms with van der Waals surface area (Å²) < 4.78 is 1.14. The van der Waals surface area contributed by atoms with Gasteiger partial charge in [0.25, 0.3) is 0 Å². The van der Waals surface area contributed by atoms with E-state index in [1.807, 2.05) is 6.20 Å². The van der Waals surface area contributed by atoms with E-state index in [0.29, 0.717) is 13.1 Å². The molecule has 0 aromatic carbocycles. The lowest BCUT2D eigenvalue weighted by atomic mass is 10.4. The Morgan fingerprint density at radius 2 is 2.05 bits per heavy atom. The Morgan fingerprint density at radius 3 is 2.64 bits per heavy atom. The zero-order chi connectivity index (χ0) is 15.1. The molecule has 8 heteroatoms. The van der Waals surface area contributed by atoms with Gasteiger partial charge in [0.2, 0.25) is 0 Å². The molecular weight excluding hydrogens is 495 g/mol. The van der Waals surface area contributed by atoms with E-state index in [2.05, 4.69) is 62.5 Å². The normalized spacial score (nSPS) is 11.1. The second-order valence-corrected chi connectivity index (χ2v) is 8.08. The lowest BCUT2D eigenvalue weighted by Crippen LogP contribution is -2.36. The molecule has 0 spiro atoms. The van der Waals surface area contributed by atoms with Crippen LogP contribution in [0.15, 0.2) is 27.1 Å². The van der Waals surface area contributed by atoms with E-state index in [1.54, 1.807) is 22.7 Å². The number of aliphatic imine (C=N–C) groups is 1. The summed E-state index contributed by atoms with van der Waals surface area (Å²) in [5.41, 5.74) is 0. The summed E-state index contributed by atoms with van der Waals surface area (Å²) in [6.07, 6.45) is 2.99. The number of nitrogens with zero attached hydrogens (tertiary/aromatic N) is 2. The minimum absolute atomic E-state index is 0. The lowest BCUT2D eigenvalue weighted by molar-refractivity contribution is 0.813. The van der Waals surface area contributed by atoms with Gasteiger partial charge in [0, 0.05) is 22.5 Å². The van der Waals surface area contributed by atoms with Crippen LogP contribution in [0, 0.1) is 0 Å². The molecule has 0 fully saturated rings. The number of hydrogen-bond donors (Lipinski definition) is 2. The van der Waals surface area contributed by atoms with Gasteiger partial charge >= 0.3 is 0 Å². The van der Waals surface area contributed by atoms with Gasteiger partial charge < -0.3 is 10.6 Å². The molecule has 22 heavy (non-hydrogen) atoms. The van der Waals surface area contributed by atoms with Gasteiger partial charge in [-0.15, -0.1) is 46.7 Å². The molecule has 0 saturated heterocycles. The summed E-state index contributed by atoms with van der Waals surface area (Å²) in [4.78, 5) is 11.6. The highest BCUT2D eigenvalue weighted by atomic mass is 127. The van der Waals surface area contributed by atoms with Crippen molar-refractivity contribution in [1.82, 2.24) is 15.6 Å². The number of halogens is 2. The van der Waals surface area contributed by atoms with Crippen molar-refractivity contribution in [2.45, 2.75) is 33.4 Å². The van der Waals surface area contributed by atoms with Crippen molar-refractivity contribution in [3.8, 4) is 0 Å². The van der Waals surface area contributed by atoms with Crippen molar-refractivity contribution in [2.75, 3.05) is 6.54 Å². The third-order valence-electron chi connectivity index (χ3n) is 2.72. The van der Waals surface area contributed by atoms with Crippen LogP contribution in [0.5, 0.6) is 0 Å². The monoisotopic (exact) mass is 514 g/mol. The molecule has 2 aromatic heterocycles. The molecule has 0 atom stereocenters. The van der Waals surface area contributed by atoms with E-state index < -0.39 is 0 Å². The van der Waals surface area contributed by atoms with Gasteiger partial charge in [0.15, 0.2) is 5.96 Å². The van der Waals surface area contributed by atoms with E-state index in [0.717, 1.165) is 27.7 Å². The van der Waals surface area contributed by atoms with E-state index in [-0.39, 0.29) is 24.0 Å². The van der Waals surface area contributed by atoms with Gasteiger partial charge in [-0.05, 0) is 41.4 Å². The molecule has 2 aromatic rings. The average Bonchev–Trinajstić information content (AvgIpc) is 3.10. The maximum Gasteiger partial charge on any atom is 0.191 e. The van der Waals surface area contributed by atoms with Crippen LogP contribution in [0.1, 0.15) is 28.6 Å². The molecule has 0 aliphatic carbocycles. The Balaban J connectivity index is 0.00000242. The number of hydrogen-bond acceptors (Lipinski definition) is 4. The highest BCUT2D eigenvalue weighted by Crippen LogP contribution is 2.22. The third kappa shape index (κ3) is 6.51. The smallest absolute Gasteiger partial charge is 0.191 e. The third-order valence-corrected chi connectivity index (χ3v) is 5.47. The number of guanidine groups is 1. The predicted octanol–water partition coefficient (Wildman–Crippen LogP) is 4.40. The van der Waals surface area contributed by atoms with Gasteiger partial charge in [0.05, 0.1) is 16.9 Å². The predicted molar refractivity (Wildman–Crippen MR) is 111 cm³/mol. The largest absolute Gasteiger partial charge is 0.357 e. The van der Waals surface area contributed by atoms with Gasteiger partial charge in [0.1, 0.15) is 5.01 Å². The molecule has 0 unspecified atom stereocenters. The highest BCUT2D eigenvalue weighted by Gasteiger charge is 2.03. The number of rotatable bonds is 6. The second-order valence-electron chi connectivity index (χ2n) is 4.33. The molecule has 2 N–H and O–H groups in total. The molecule has 0 amide bonds. The fourth-order valence-corrected chi connectivity index (χ4v) is 3.90. The Bertz CT molecular complexity index is 597. The van der Waals surface area contributed by atoms with Crippen molar-refractivity contribution >= 4 is 68.5 Å². The van der Waals surface area contributed by atoms with E-state index in [9.17, 15) is 0 Å². The maximum atomic E-state index is 4.60. The van der Waals surface area contributed by atoms with Gasteiger partial charge in [-0.25, -0.2) is 9.98 Å². The summed E-state index contributed by atoms with van der Waals surface area (Å²) in [5.74, 6) is 0.829. The Kier molecular flexibility index (Phi) is 9.53. The molecule has 0 radical (unpaired) electrons. The van der Waals surface area contributed by atoms with E-state index in [4.69, 9.17) is 0 Å². The van der Waals surface area contributed by atoms with Crippen LogP contribution >= 0.6 is 62.6 Å². The molecule has 0 bridgehead atoms. The highest BCUT2D eigenvalue weighted by molar-refractivity contribution is 14.0. The number of thiophene rings is 1. The second kappa shape index (κ2) is 10.6. The van der Waals surface area contributed by atoms with Crippen LogP contribution in [-0.4, -0.2) is 17.5 Å². The van der Waals surface area contributed by atoms with Gasteiger partial charge in [-0.2, -0.15) is 0 Å². The molecule has 4 nitrogen and oxygen atoms in total. The minimum atomic E-state index is 0. The zero-order valence-electron chi connectivity index (χ0n) is 12.6. The molecular formula is C14H20BrIN4S2. The Morgan fingerprint density at radius 1 is 1.23 bits per heavy atom. The van der Waals surface area contributed by atoms with Gasteiger partial charge in [-0.3, -0.25) is 0 Å². The quantitative estimate of drug-likeness (QED) is 0.341. The molecule has 0 aliphatic heterocycles. The van der Waals surface area contributed by atoms with Crippen molar-refractivity contribution < 1.29 is 0 Å². The first-order valence-electron chi connectivity index (χ1n) is 6.91. The maximum absolute atomic E-state index is 4.60. The fourth-order valence-electron chi connectivity index (χ4n) is 1.69. The number of nitrogens with one attached hydrogen (secondary N) is 2. The van der Waals surface area contributed by atoms with Crippen LogP contribution in [0.4, 0.5) is 0 Å². The van der Waals surface area contributed by atoms with Crippen LogP contribution in [0.3, 0.4) is 0 Å². The Labute approximate surface area is 165 Å². The van der Waals surface area contributed by atoms with Crippen molar-refractivity contribution in [3.05, 3.63) is 36.9 Å². The average molecular weight is 515 g/mol. The van der Waals surface area contributed by atoms with Crippen LogP contribution in [0.2, 0.25) is 0 Å². The number of aromatic nitrogens is 1. The molecule has 2 rings (SSSR count). The standard InChI is InChI=1S/C14H19BrN4S2.HI/c1-3-10-7-17-13(21-10)9-19-14(16-4-2)18-8-11-5-6-12(15)20-11;/h5-7H,3-4,8-9H2,1-2H3,(H2,16,18,19);1H. The summed E-state index contributed by atoms with van der Waals surface area (Å²) in [6.45, 7) is 6.46. The van der Waals surface area contributed by atoms with Crippen molar-refractivity contribution in [1.29, 1.82) is 0 Å².